The first kappa shape index (κ1) is 17.3. The van der Waals surface area contributed by atoms with Gasteiger partial charge in [-0.15, -0.1) is 0 Å². The lowest BCUT2D eigenvalue weighted by molar-refractivity contribution is 0.582. The molecule has 5 nitrogen and oxygen atoms in total. The number of hydrogen-bond acceptors (Lipinski definition) is 4. The first-order valence-corrected chi connectivity index (χ1v) is 9.58. The Hall–Kier alpha value is -2.57. The summed E-state index contributed by atoms with van der Waals surface area (Å²) in [6.45, 7) is 0.645. The maximum atomic E-state index is 12.6. The molecule has 2 aromatic carbocycles. The molecular weight excluding hydrogens is 336 g/mol. The summed E-state index contributed by atoms with van der Waals surface area (Å²) in [4.78, 5) is 0. The molecule has 3 aromatic rings. The van der Waals surface area contributed by atoms with Crippen molar-refractivity contribution >= 4 is 15.7 Å². The van der Waals surface area contributed by atoms with Crippen LogP contribution in [0.3, 0.4) is 0 Å². The third kappa shape index (κ3) is 4.49. The molecule has 0 bridgehead atoms. The molecule has 0 unspecified atom stereocenters. The Bertz CT molecular complexity index is 921. The second kappa shape index (κ2) is 7.55. The molecule has 25 heavy (non-hydrogen) atoms. The Kier molecular flexibility index (Phi) is 5.21. The highest BCUT2D eigenvalue weighted by atomic mass is 32.2. The standard InChI is InChI=1S/C19H20N2O3S/c1-20-13-16-9-10-17(19-8-5-11-24-19)18(12-16)21-25(22,23)14-15-6-3-2-4-7-15/h2-12,20-21H,13-14H2,1H3. The van der Waals surface area contributed by atoms with E-state index in [2.05, 4.69) is 10.0 Å². The van der Waals surface area contributed by atoms with E-state index in [0.29, 0.717) is 23.6 Å². The van der Waals surface area contributed by atoms with E-state index < -0.39 is 10.0 Å². The van der Waals surface area contributed by atoms with Gasteiger partial charge in [-0.05, 0) is 42.4 Å². The lowest BCUT2D eigenvalue weighted by atomic mass is 10.1. The number of sulfonamides is 1. The molecule has 6 heteroatoms. The number of anilines is 1. The average Bonchev–Trinajstić information content (AvgIpc) is 3.10. The lowest BCUT2D eigenvalue weighted by Gasteiger charge is -2.13. The van der Waals surface area contributed by atoms with E-state index in [4.69, 9.17) is 4.42 Å². The van der Waals surface area contributed by atoms with E-state index in [1.54, 1.807) is 24.5 Å². The number of rotatable bonds is 7. The Morgan fingerprint density at radius 1 is 0.960 bits per heavy atom. The van der Waals surface area contributed by atoms with Gasteiger partial charge in [0.05, 0.1) is 17.7 Å². The topological polar surface area (TPSA) is 71.3 Å². The van der Waals surface area contributed by atoms with Gasteiger partial charge in [0.25, 0.3) is 0 Å². The molecule has 0 spiro atoms. The largest absolute Gasteiger partial charge is 0.464 e. The molecule has 2 N–H and O–H groups in total. The molecule has 0 radical (unpaired) electrons. The predicted octanol–water partition coefficient (Wildman–Crippen LogP) is 3.61. The van der Waals surface area contributed by atoms with Gasteiger partial charge < -0.3 is 9.73 Å². The summed E-state index contributed by atoms with van der Waals surface area (Å²) in [5.74, 6) is 0.537. The Balaban J connectivity index is 1.92. The van der Waals surface area contributed by atoms with Crippen molar-refractivity contribution < 1.29 is 12.8 Å². The van der Waals surface area contributed by atoms with Gasteiger partial charge in [0.15, 0.2) is 0 Å². The van der Waals surface area contributed by atoms with Crippen molar-refractivity contribution in [2.45, 2.75) is 12.3 Å². The van der Waals surface area contributed by atoms with Gasteiger partial charge in [-0.25, -0.2) is 8.42 Å². The van der Waals surface area contributed by atoms with Crippen LogP contribution in [0.15, 0.2) is 71.3 Å². The summed E-state index contributed by atoms with van der Waals surface area (Å²) < 4.78 is 33.4. The minimum Gasteiger partial charge on any atom is -0.464 e. The third-order valence-corrected chi connectivity index (χ3v) is 4.96. The van der Waals surface area contributed by atoms with Gasteiger partial charge in [-0.2, -0.15) is 0 Å². The predicted molar refractivity (Wildman–Crippen MR) is 99.6 cm³/mol. The van der Waals surface area contributed by atoms with Crippen molar-refractivity contribution in [2.75, 3.05) is 11.8 Å². The summed E-state index contributed by atoms with van der Waals surface area (Å²) in [6.07, 6.45) is 1.57. The van der Waals surface area contributed by atoms with Gasteiger partial charge in [0, 0.05) is 12.1 Å². The first-order valence-electron chi connectivity index (χ1n) is 7.93. The normalized spacial score (nSPS) is 11.4. The molecule has 0 aliphatic carbocycles. The van der Waals surface area contributed by atoms with Gasteiger partial charge in [0.1, 0.15) is 5.76 Å². The van der Waals surface area contributed by atoms with E-state index in [9.17, 15) is 8.42 Å². The van der Waals surface area contributed by atoms with E-state index in [1.807, 2.05) is 49.5 Å². The molecule has 3 rings (SSSR count). The van der Waals surface area contributed by atoms with Crippen LogP contribution in [0.2, 0.25) is 0 Å². The van der Waals surface area contributed by atoms with Gasteiger partial charge >= 0.3 is 0 Å². The fourth-order valence-corrected chi connectivity index (χ4v) is 3.84. The summed E-state index contributed by atoms with van der Waals surface area (Å²) in [5, 5.41) is 3.07. The quantitative estimate of drug-likeness (QED) is 0.678. The average molecular weight is 356 g/mol. The molecule has 130 valence electrons. The summed E-state index contributed by atoms with van der Waals surface area (Å²) >= 11 is 0. The minimum atomic E-state index is -3.55. The Labute approximate surface area is 147 Å². The van der Waals surface area contributed by atoms with E-state index in [1.165, 1.54) is 0 Å². The van der Waals surface area contributed by atoms with Gasteiger partial charge in [-0.1, -0.05) is 36.4 Å². The molecule has 0 amide bonds. The smallest absolute Gasteiger partial charge is 0.236 e. The van der Waals surface area contributed by atoms with E-state index in [0.717, 1.165) is 11.1 Å². The zero-order chi connectivity index (χ0) is 17.7. The number of benzene rings is 2. The molecule has 0 atom stereocenters. The van der Waals surface area contributed by atoms with Crippen LogP contribution in [-0.4, -0.2) is 15.5 Å². The van der Waals surface area contributed by atoms with Crippen molar-refractivity contribution in [3.8, 4) is 11.3 Å². The van der Waals surface area contributed by atoms with E-state index >= 15 is 0 Å². The van der Waals surface area contributed by atoms with Crippen molar-refractivity contribution in [2.24, 2.45) is 0 Å². The second-order valence-corrected chi connectivity index (χ2v) is 7.46. The molecule has 0 fully saturated rings. The van der Waals surface area contributed by atoms with Gasteiger partial charge in [-0.3, -0.25) is 4.72 Å². The van der Waals surface area contributed by atoms with Crippen LogP contribution in [-0.2, 0) is 22.3 Å². The summed E-state index contributed by atoms with van der Waals surface area (Å²) in [5.41, 5.74) is 2.94. The highest BCUT2D eigenvalue weighted by Gasteiger charge is 2.16. The van der Waals surface area contributed by atoms with Crippen LogP contribution in [0.25, 0.3) is 11.3 Å². The van der Waals surface area contributed by atoms with Crippen LogP contribution in [0, 0.1) is 0 Å². The third-order valence-electron chi connectivity index (χ3n) is 3.72. The molecule has 0 saturated carbocycles. The van der Waals surface area contributed by atoms with Crippen LogP contribution in [0.5, 0.6) is 0 Å². The molecule has 1 heterocycles. The Morgan fingerprint density at radius 3 is 2.44 bits per heavy atom. The highest BCUT2D eigenvalue weighted by molar-refractivity contribution is 7.91. The van der Waals surface area contributed by atoms with Crippen LogP contribution in [0.4, 0.5) is 5.69 Å². The first-order chi connectivity index (χ1) is 12.1. The molecule has 0 aliphatic rings. The summed E-state index contributed by atoms with van der Waals surface area (Å²) in [6, 6.07) is 18.3. The maximum absolute atomic E-state index is 12.6. The number of furan rings is 1. The SMILES string of the molecule is CNCc1ccc(-c2ccco2)c(NS(=O)(=O)Cc2ccccc2)c1. The van der Waals surface area contributed by atoms with Crippen LogP contribution in [0.1, 0.15) is 11.1 Å². The van der Waals surface area contributed by atoms with Crippen molar-refractivity contribution in [1.29, 1.82) is 0 Å². The van der Waals surface area contributed by atoms with Gasteiger partial charge in [0.2, 0.25) is 10.0 Å². The van der Waals surface area contributed by atoms with E-state index in [-0.39, 0.29) is 5.75 Å². The van der Waals surface area contributed by atoms with Crippen molar-refractivity contribution in [1.82, 2.24) is 5.32 Å². The monoisotopic (exact) mass is 356 g/mol. The maximum Gasteiger partial charge on any atom is 0.236 e. The Morgan fingerprint density at radius 2 is 1.76 bits per heavy atom. The van der Waals surface area contributed by atoms with Crippen molar-refractivity contribution in [3.05, 3.63) is 78.1 Å². The zero-order valence-electron chi connectivity index (χ0n) is 13.9. The molecular formula is C19H20N2O3S. The molecule has 0 saturated heterocycles. The van der Waals surface area contributed by atoms with Crippen LogP contribution < -0.4 is 10.0 Å². The summed E-state index contributed by atoms with van der Waals surface area (Å²) in [7, 11) is -1.70. The van der Waals surface area contributed by atoms with Crippen molar-refractivity contribution in [3.63, 3.8) is 0 Å². The fraction of sp³-hybridized carbons (Fsp3) is 0.158. The minimum absolute atomic E-state index is 0.0817. The second-order valence-electron chi connectivity index (χ2n) is 5.73. The fourth-order valence-electron chi connectivity index (χ4n) is 2.63. The zero-order valence-corrected chi connectivity index (χ0v) is 14.7. The van der Waals surface area contributed by atoms with Crippen LogP contribution >= 0.6 is 0 Å². The lowest BCUT2D eigenvalue weighted by Crippen LogP contribution is -2.16. The molecule has 0 aliphatic heterocycles. The number of nitrogens with one attached hydrogen (secondary N) is 2. The number of hydrogen-bond donors (Lipinski definition) is 2. The molecule has 1 aromatic heterocycles. The highest BCUT2D eigenvalue weighted by Crippen LogP contribution is 2.30.